The van der Waals surface area contributed by atoms with E-state index in [1.807, 2.05) is 19.1 Å². The molecule has 1 amide bonds. The van der Waals surface area contributed by atoms with E-state index in [0.717, 1.165) is 39.7 Å². The molecule has 1 aliphatic carbocycles. The highest BCUT2D eigenvalue weighted by atomic mass is 79.9. The van der Waals surface area contributed by atoms with Crippen molar-refractivity contribution in [3.8, 4) is 0 Å². The molecule has 4 rings (SSSR count). The second-order valence-corrected chi connectivity index (χ2v) is 13.1. The van der Waals surface area contributed by atoms with Gasteiger partial charge in [-0.15, -0.1) is 11.3 Å². The molecule has 1 aromatic carbocycles. The van der Waals surface area contributed by atoms with Crippen LogP contribution in [0.1, 0.15) is 31.2 Å². The largest absolute Gasteiger partial charge is 0.302 e. The lowest BCUT2D eigenvalue weighted by Crippen LogP contribution is -2.33. The van der Waals surface area contributed by atoms with Crippen LogP contribution in [0.2, 0.25) is 0 Å². The fourth-order valence-corrected chi connectivity index (χ4v) is 7.80. The van der Waals surface area contributed by atoms with Crippen LogP contribution in [0.4, 0.5) is 5.13 Å². The quantitative estimate of drug-likeness (QED) is 0.463. The number of nitrogens with one attached hydrogen (secondary N) is 2. The number of carbonyl (C=O) groups excluding carboxylic acids is 1. The second kappa shape index (κ2) is 9.04. The van der Waals surface area contributed by atoms with Gasteiger partial charge in [0.2, 0.25) is 15.9 Å². The van der Waals surface area contributed by atoms with Crippen molar-refractivity contribution in [2.45, 2.75) is 36.8 Å². The Morgan fingerprint density at radius 1 is 1.17 bits per heavy atom. The Bertz CT molecular complexity index is 1160. The molecule has 160 valence electrons. The van der Waals surface area contributed by atoms with Crippen molar-refractivity contribution < 1.29 is 13.2 Å². The summed E-state index contributed by atoms with van der Waals surface area (Å²) < 4.78 is 29.6. The van der Waals surface area contributed by atoms with Crippen LogP contribution in [0.15, 0.2) is 38.3 Å². The van der Waals surface area contributed by atoms with Crippen LogP contribution in [-0.2, 0) is 14.8 Å². The molecule has 0 bridgehead atoms. The molecule has 0 radical (unpaired) electrons. The Morgan fingerprint density at radius 3 is 2.63 bits per heavy atom. The van der Waals surface area contributed by atoms with Crippen molar-refractivity contribution in [1.82, 2.24) is 9.71 Å². The number of sulfonamides is 1. The zero-order valence-corrected chi connectivity index (χ0v) is 20.4. The third kappa shape index (κ3) is 5.11. The van der Waals surface area contributed by atoms with E-state index >= 15 is 0 Å². The number of anilines is 1. The highest BCUT2D eigenvalue weighted by Gasteiger charge is 2.28. The van der Waals surface area contributed by atoms with Crippen LogP contribution < -0.4 is 10.0 Å². The topological polar surface area (TPSA) is 88.2 Å². The van der Waals surface area contributed by atoms with Gasteiger partial charge in [-0.25, -0.2) is 18.1 Å². The Kier molecular flexibility index (Phi) is 6.59. The minimum atomic E-state index is -3.47. The van der Waals surface area contributed by atoms with Crippen LogP contribution >= 0.6 is 38.6 Å². The van der Waals surface area contributed by atoms with Gasteiger partial charge in [0.05, 0.1) is 14.0 Å². The first-order chi connectivity index (χ1) is 14.3. The first-order valence-corrected chi connectivity index (χ1v) is 13.6. The van der Waals surface area contributed by atoms with Gasteiger partial charge in [0.25, 0.3) is 0 Å². The Balaban J connectivity index is 1.28. The molecule has 6 nitrogen and oxygen atoms in total. The Morgan fingerprint density at radius 2 is 1.93 bits per heavy atom. The maximum Gasteiger partial charge on any atom is 0.250 e. The molecule has 1 fully saturated rings. The average molecular weight is 529 g/mol. The summed E-state index contributed by atoms with van der Waals surface area (Å²) in [6.07, 6.45) is 3.17. The fraction of sp³-hybridized carbons (Fsp3) is 0.400. The van der Waals surface area contributed by atoms with Gasteiger partial charge in [-0.05, 0) is 84.3 Å². The molecule has 2 heterocycles. The molecule has 0 unspecified atom stereocenters. The van der Waals surface area contributed by atoms with Crippen molar-refractivity contribution in [2.24, 2.45) is 11.8 Å². The minimum Gasteiger partial charge on any atom is -0.302 e. The van der Waals surface area contributed by atoms with Gasteiger partial charge in [-0.2, -0.15) is 0 Å². The van der Waals surface area contributed by atoms with E-state index in [1.165, 1.54) is 28.2 Å². The van der Waals surface area contributed by atoms with Gasteiger partial charge in [0.1, 0.15) is 4.21 Å². The third-order valence-corrected chi connectivity index (χ3v) is 9.84. The van der Waals surface area contributed by atoms with Gasteiger partial charge in [-0.3, -0.25) is 4.79 Å². The lowest BCUT2D eigenvalue weighted by Gasteiger charge is -2.27. The smallest absolute Gasteiger partial charge is 0.250 e. The van der Waals surface area contributed by atoms with Gasteiger partial charge in [-0.1, -0.05) is 17.4 Å². The molecular weight excluding hydrogens is 506 g/mol. The zero-order valence-electron chi connectivity index (χ0n) is 16.4. The maximum atomic E-state index is 12.7. The number of rotatable bonds is 6. The number of halogens is 1. The number of nitrogens with zero attached hydrogens (tertiary/aromatic N) is 1. The number of thiazole rings is 1. The highest BCUT2D eigenvalue weighted by Crippen LogP contribution is 2.32. The van der Waals surface area contributed by atoms with Gasteiger partial charge in [0, 0.05) is 12.5 Å². The van der Waals surface area contributed by atoms with Crippen molar-refractivity contribution in [3.05, 3.63) is 39.7 Å². The molecule has 30 heavy (non-hydrogen) atoms. The summed E-state index contributed by atoms with van der Waals surface area (Å²) >= 11 is 5.98. The van der Waals surface area contributed by atoms with Crippen LogP contribution in [0, 0.1) is 18.8 Å². The van der Waals surface area contributed by atoms with E-state index in [-0.39, 0.29) is 17.7 Å². The predicted molar refractivity (Wildman–Crippen MR) is 126 cm³/mol. The third-order valence-electron chi connectivity index (χ3n) is 5.37. The number of carbonyl (C=O) groups is 1. The molecule has 0 atom stereocenters. The monoisotopic (exact) mass is 527 g/mol. The SMILES string of the molecule is Cc1ccc2nc(NC(=O)C3CCC(CNS(=O)(=O)c4ccc(Br)s4)CC3)sc2c1. The lowest BCUT2D eigenvalue weighted by atomic mass is 9.81. The second-order valence-electron chi connectivity index (χ2n) is 7.61. The molecule has 0 aliphatic heterocycles. The Hall–Kier alpha value is -1.33. The summed E-state index contributed by atoms with van der Waals surface area (Å²) in [5.74, 6) is 0.200. The van der Waals surface area contributed by atoms with Crippen LogP contribution in [-0.4, -0.2) is 25.9 Å². The lowest BCUT2D eigenvalue weighted by molar-refractivity contribution is -0.121. The summed E-state index contributed by atoms with van der Waals surface area (Å²) in [4.78, 5) is 17.2. The highest BCUT2D eigenvalue weighted by molar-refractivity contribution is 9.11. The number of amides is 1. The molecule has 1 saturated carbocycles. The minimum absolute atomic E-state index is 0.00763. The van der Waals surface area contributed by atoms with E-state index in [2.05, 4.69) is 37.0 Å². The molecule has 10 heteroatoms. The number of hydrogen-bond donors (Lipinski definition) is 2. The number of benzene rings is 1. The normalized spacial score (nSPS) is 19.8. The van der Waals surface area contributed by atoms with Crippen LogP contribution in [0.3, 0.4) is 0 Å². The van der Waals surface area contributed by atoms with Gasteiger partial charge >= 0.3 is 0 Å². The number of aromatic nitrogens is 1. The summed E-state index contributed by atoms with van der Waals surface area (Å²) in [7, 11) is -3.47. The fourth-order valence-electron chi connectivity index (χ4n) is 3.66. The Labute approximate surface area is 192 Å². The van der Waals surface area contributed by atoms with E-state index in [4.69, 9.17) is 0 Å². The molecule has 0 saturated heterocycles. The molecule has 1 aliphatic rings. The molecule has 2 N–H and O–H groups in total. The van der Waals surface area contributed by atoms with Crippen molar-refractivity contribution in [1.29, 1.82) is 0 Å². The van der Waals surface area contributed by atoms with E-state index in [1.54, 1.807) is 12.1 Å². The number of hydrogen-bond acceptors (Lipinski definition) is 6. The summed E-state index contributed by atoms with van der Waals surface area (Å²) in [6, 6.07) is 9.39. The van der Waals surface area contributed by atoms with Crippen molar-refractivity contribution in [3.63, 3.8) is 0 Å². The zero-order chi connectivity index (χ0) is 21.3. The molecule has 3 aromatic rings. The van der Waals surface area contributed by atoms with Gasteiger partial charge in [0.15, 0.2) is 5.13 Å². The number of aryl methyl sites for hydroxylation is 1. The van der Waals surface area contributed by atoms with Crippen LogP contribution in [0.25, 0.3) is 10.2 Å². The van der Waals surface area contributed by atoms with Crippen molar-refractivity contribution >= 4 is 69.9 Å². The van der Waals surface area contributed by atoms with E-state index < -0.39 is 10.0 Å². The number of fused-ring (bicyclic) bond motifs is 1. The molecule has 2 aromatic heterocycles. The number of thiophene rings is 1. The maximum absolute atomic E-state index is 12.7. The molecule has 0 spiro atoms. The first kappa shape index (κ1) is 21.9. The van der Waals surface area contributed by atoms with Crippen LogP contribution in [0.5, 0.6) is 0 Å². The standard InChI is InChI=1S/C20H22BrN3O3S3/c1-12-2-7-15-16(10-12)28-20(23-15)24-19(25)14-5-3-13(4-6-14)11-22-30(26,27)18-9-8-17(21)29-18/h2,7-10,13-14,22H,3-6,11H2,1H3,(H,23,24,25). The van der Waals surface area contributed by atoms with E-state index in [0.29, 0.717) is 15.9 Å². The summed E-state index contributed by atoms with van der Waals surface area (Å²) in [5, 5.41) is 3.61. The van der Waals surface area contributed by atoms with Gasteiger partial charge < -0.3 is 5.32 Å². The first-order valence-electron chi connectivity index (χ1n) is 9.73. The average Bonchev–Trinajstić information content (AvgIpc) is 3.32. The summed E-state index contributed by atoms with van der Waals surface area (Å²) in [6.45, 7) is 2.44. The summed E-state index contributed by atoms with van der Waals surface area (Å²) in [5.41, 5.74) is 2.07. The molecular formula is C20H22BrN3O3S3. The predicted octanol–water partition coefficient (Wildman–Crippen LogP) is 5.15. The van der Waals surface area contributed by atoms with Crippen molar-refractivity contribution in [2.75, 3.05) is 11.9 Å². The van der Waals surface area contributed by atoms with E-state index in [9.17, 15) is 13.2 Å².